The van der Waals surface area contributed by atoms with E-state index in [0.29, 0.717) is 0 Å². The van der Waals surface area contributed by atoms with Gasteiger partial charge >= 0.3 is 0 Å². The molecule has 5 rings (SSSR count). The van der Waals surface area contributed by atoms with E-state index >= 15 is 0 Å². The first-order valence-electron chi connectivity index (χ1n) is 10.9. The minimum atomic E-state index is 0.764. The van der Waals surface area contributed by atoms with E-state index in [1.807, 2.05) is 48.5 Å². The molecule has 0 saturated carbocycles. The summed E-state index contributed by atoms with van der Waals surface area (Å²) in [6.45, 7) is 0. The van der Waals surface area contributed by atoms with Crippen molar-refractivity contribution in [2.45, 2.75) is 0 Å². The Hall–Kier alpha value is -4.50. The van der Waals surface area contributed by atoms with Crippen LogP contribution in [0.3, 0.4) is 0 Å². The van der Waals surface area contributed by atoms with Crippen LogP contribution in [0.1, 0.15) is 5.69 Å². The zero-order chi connectivity index (χ0) is 22.5. The van der Waals surface area contributed by atoms with Gasteiger partial charge in [0.2, 0.25) is 0 Å². The molecule has 0 spiro atoms. The quantitative estimate of drug-likeness (QED) is 0.235. The average molecular weight is 426 g/mol. The van der Waals surface area contributed by atoms with Crippen molar-refractivity contribution < 1.29 is 0 Å². The highest BCUT2D eigenvalue weighted by molar-refractivity contribution is 5.82. The Morgan fingerprint density at radius 2 is 1.09 bits per heavy atom. The molecular weight excluding hydrogens is 402 g/mol. The van der Waals surface area contributed by atoms with Gasteiger partial charge in [0.05, 0.1) is 17.6 Å². The van der Waals surface area contributed by atoms with Gasteiger partial charge in [-0.05, 0) is 88.0 Å². The molecule has 5 aromatic rings. The predicted octanol–water partition coefficient (Wildman–Crippen LogP) is 7.42. The second kappa shape index (κ2) is 9.33. The lowest BCUT2D eigenvalue weighted by Gasteiger charge is -2.12. The Balaban J connectivity index is 1.52. The zero-order valence-corrected chi connectivity index (χ0v) is 18.1. The molecule has 0 amide bonds. The van der Waals surface area contributed by atoms with Gasteiger partial charge in [-0.2, -0.15) is 0 Å². The van der Waals surface area contributed by atoms with Crippen molar-refractivity contribution in [2.24, 2.45) is 4.99 Å². The van der Waals surface area contributed by atoms with Gasteiger partial charge in [0.15, 0.2) is 0 Å². The zero-order valence-electron chi connectivity index (χ0n) is 18.1. The summed E-state index contributed by atoms with van der Waals surface area (Å²) >= 11 is 0. The van der Waals surface area contributed by atoms with Crippen LogP contribution in [-0.2, 0) is 0 Å². The van der Waals surface area contributed by atoms with Gasteiger partial charge in [-0.1, -0.05) is 60.7 Å². The van der Waals surface area contributed by atoms with Gasteiger partial charge < -0.3 is 5.73 Å². The number of anilines is 1. The minimum Gasteiger partial charge on any atom is -0.399 e. The topological polar surface area (TPSA) is 51.3 Å². The minimum absolute atomic E-state index is 0.764. The molecule has 0 bridgehead atoms. The molecule has 0 fully saturated rings. The van der Waals surface area contributed by atoms with E-state index in [1.165, 1.54) is 11.1 Å². The molecule has 0 aliphatic carbocycles. The number of nitrogens with two attached hydrogens (primary N) is 1. The number of aliphatic imine (C=N–C) groups is 1. The molecule has 2 N–H and O–H groups in total. The fourth-order valence-electron chi connectivity index (χ4n) is 3.77. The Morgan fingerprint density at radius 3 is 1.67 bits per heavy atom. The number of benzene rings is 4. The summed E-state index contributed by atoms with van der Waals surface area (Å²) in [5.74, 6) is 0. The first-order chi connectivity index (χ1) is 16.2. The molecule has 3 nitrogen and oxygen atoms in total. The molecule has 1 heterocycles. The van der Waals surface area contributed by atoms with Crippen LogP contribution in [0.4, 0.5) is 11.4 Å². The summed E-state index contributed by atoms with van der Waals surface area (Å²) in [5, 5.41) is 0. The fraction of sp³-hybridized carbons (Fsp3) is 0. The molecule has 0 radical (unpaired) electrons. The van der Waals surface area contributed by atoms with Crippen LogP contribution in [-0.4, -0.2) is 11.2 Å². The molecule has 1 aromatic heterocycles. The highest BCUT2D eigenvalue weighted by Crippen LogP contribution is 2.33. The molecule has 0 saturated heterocycles. The number of rotatable bonds is 5. The largest absolute Gasteiger partial charge is 0.399 e. The van der Waals surface area contributed by atoms with Gasteiger partial charge in [-0.15, -0.1) is 0 Å². The fourth-order valence-corrected chi connectivity index (χ4v) is 3.77. The molecular formula is C30H23N3. The highest BCUT2D eigenvalue weighted by Gasteiger charge is 2.08. The Morgan fingerprint density at radius 1 is 0.545 bits per heavy atom. The lowest BCUT2D eigenvalue weighted by Crippen LogP contribution is -1.87. The van der Waals surface area contributed by atoms with Crippen LogP contribution in [0.5, 0.6) is 0 Å². The van der Waals surface area contributed by atoms with E-state index < -0.39 is 0 Å². The van der Waals surface area contributed by atoms with E-state index in [-0.39, 0.29) is 0 Å². The molecule has 158 valence electrons. The summed E-state index contributed by atoms with van der Waals surface area (Å²) in [5.41, 5.74) is 15.4. The van der Waals surface area contributed by atoms with Crippen molar-refractivity contribution in [3.63, 3.8) is 0 Å². The summed E-state index contributed by atoms with van der Waals surface area (Å²) < 4.78 is 0. The Labute approximate surface area is 193 Å². The van der Waals surface area contributed by atoms with Crippen LogP contribution in [0.25, 0.3) is 33.4 Å². The molecule has 0 aliphatic heterocycles. The van der Waals surface area contributed by atoms with Crippen molar-refractivity contribution >= 4 is 17.6 Å². The smallest absolute Gasteiger partial charge is 0.0812 e. The summed E-state index contributed by atoms with van der Waals surface area (Å²) in [6, 6.07) is 39.3. The first kappa shape index (κ1) is 20.4. The molecule has 0 unspecified atom stereocenters. The van der Waals surface area contributed by atoms with Crippen LogP contribution in [0, 0.1) is 0 Å². The maximum atomic E-state index is 5.91. The van der Waals surface area contributed by atoms with Crippen molar-refractivity contribution in [1.82, 2.24) is 4.98 Å². The van der Waals surface area contributed by atoms with E-state index in [0.717, 1.165) is 39.3 Å². The lowest BCUT2D eigenvalue weighted by atomic mass is 9.93. The van der Waals surface area contributed by atoms with E-state index in [4.69, 9.17) is 5.73 Å². The third-order valence-corrected chi connectivity index (χ3v) is 5.52. The van der Waals surface area contributed by atoms with Crippen molar-refractivity contribution in [3.8, 4) is 33.4 Å². The third kappa shape index (κ3) is 4.89. The SMILES string of the molecule is Nc1ccc(-c2cc(-c3ccccc3)cc(-c3ccc(N=Cc4ccccn4)cc3)c2)cc1. The monoisotopic (exact) mass is 425 g/mol. The van der Waals surface area contributed by atoms with Crippen LogP contribution in [0.15, 0.2) is 126 Å². The second-order valence-electron chi connectivity index (χ2n) is 7.85. The van der Waals surface area contributed by atoms with Crippen LogP contribution in [0.2, 0.25) is 0 Å². The van der Waals surface area contributed by atoms with E-state index in [9.17, 15) is 0 Å². The van der Waals surface area contributed by atoms with Crippen molar-refractivity contribution in [1.29, 1.82) is 0 Å². The predicted molar refractivity (Wildman–Crippen MR) is 139 cm³/mol. The molecule has 33 heavy (non-hydrogen) atoms. The van der Waals surface area contributed by atoms with Crippen LogP contribution < -0.4 is 5.73 Å². The maximum absolute atomic E-state index is 5.91. The first-order valence-corrected chi connectivity index (χ1v) is 10.9. The van der Waals surface area contributed by atoms with Gasteiger partial charge in [-0.25, -0.2) is 0 Å². The third-order valence-electron chi connectivity index (χ3n) is 5.52. The number of hydrogen-bond acceptors (Lipinski definition) is 3. The van der Waals surface area contributed by atoms with Gasteiger partial charge in [-0.3, -0.25) is 9.98 Å². The van der Waals surface area contributed by atoms with Crippen molar-refractivity contribution in [3.05, 3.63) is 127 Å². The van der Waals surface area contributed by atoms with Gasteiger partial charge in [0, 0.05) is 11.9 Å². The molecule has 0 aliphatic rings. The summed E-state index contributed by atoms with van der Waals surface area (Å²) in [4.78, 5) is 8.83. The highest BCUT2D eigenvalue weighted by atomic mass is 14.8. The number of aromatic nitrogens is 1. The number of nitrogens with zero attached hydrogens (tertiary/aromatic N) is 2. The average Bonchev–Trinajstić information content (AvgIpc) is 2.89. The van der Waals surface area contributed by atoms with Crippen molar-refractivity contribution in [2.75, 3.05) is 5.73 Å². The lowest BCUT2D eigenvalue weighted by molar-refractivity contribution is 1.30. The molecule has 4 aromatic carbocycles. The van der Waals surface area contributed by atoms with Crippen LogP contribution >= 0.6 is 0 Å². The maximum Gasteiger partial charge on any atom is 0.0812 e. The molecule has 0 atom stereocenters. The Kier molecular flexibility index (Phi) is 5.77. The number of nitrogen functional groups attached to an aromatic ring is 1. The van der Waals surface area contributed by atoms with Gasteiger partial charge in [0.25, 0.3) is 0 Å². The normalized spacial score (nSPS) is 11.0. The second-order valence-corrected chi connectivity index (χ2v) is 7.85. The molecule has 3 heteroatoms. The number of pyridine rings is 1. The van der Waals surface area contributed by atoms with E-state index in [2.05, 4.69) is 76.7 Å². The Bertz CT molecular complexity index is 1370. The van der Waals surface area contributed by atoms with Gasteiger partial charge in [0.1, 0.15) is 0 Å². The summed E-state index contributed by atoms with van der Waals surface area (Å²) in [6.07, 6.45) is 3.55. The van der Waals surface area contributed by atoms with E-state index in [1.54, 1.807) is 12.4 Å². The standard InChI is InChI=1S/C30H23N3/c31-28-13-9-23(10-14-28)26-18-25(22-6-2-1-3-7-22)19-27(20-26)24-11-15-29(16-12-24)33-21-30-8-4-5-17-32-30/h1-21H,31H2. The summed E-state index contributed by atoms with van der Waals surface area (Å²) in [7, 11) is 0. The number of hydrogen-bond donors (Lipinski definition) is 1.